The molecule has 3 aromatic rings. The molecule has 0 saturated carbocycles. The van der Waals surface area contributed by atoms with Crippen LogP contribution in [0, 0.1) is 6.92 Å². The van der Waals surface area contributed by atoms with Gasteiger partial charge in [-0.3, -0.25) is 14.5 Å². The van der Waals surface area contributed by atoms with Gasteiger partial charge in [-0.05, 0) is 55.0 Å². The van der Waals surface area contributed by atoms with E-state index in [2.05, 4.69) is 5.32 Å². The second-order valence-corrected chi connectivity index (χ2v) is 7.15. The Hall–Kier alpha value is -3.61. The van der Waals surface area contributed by atoms with Crippen molar-refractivity contribution in [2.24, 2.45) is 0 Å². The highest BCUT2D eigenvalue weighted by Crippen LogP contribution is 2.23. The molecule has 29 heavy (non-hydrogen) atoms. The molecule has 0 bridgehead atoms. The third-order valence-corrected chi connectivity index (χ3v) is 4.93. The number of cyclic esters (lactones) is 1. The number of aromatic nitrogens is 1. The fourth-order valence-corrected chi connectivity index (χ4v) is 3.43. The van der Waals surface area contributed by atoms with Crippen molar-refractivity contribution in [3.05, 3.63) is 71.5 Å². The van der Waals surface area contributed by atoms with E-state index in [0.717, 1.165) is 11.1 Å². The van der Waals surface area contributed by atoms with Crippen LogP contribution in [0.25, 0.3) is 5.52 Å². The smallest absolute Gasteiger partial charge is 0.414 e. The van der Waals surface area contributed by atoms with Gasteiger partial charge in [0.1, 0.15) is 6.10 Å². The molecule has 1 fully saturated rings. The maximum Gasteiger partial charge on any atom is 0.414 e. The number of nitrogens with one attached hydrogen (secondary N) is 1. The number of pyridine rings is 1. The molecule has 1 aromatic carbocycles. The molecule has 0 radical (unpaired) electrons. The van der Waals surface area contributed by atoms with E-state index >= 15 is 0 Å². The summed E-state index contributed by atoms with van der Waals surface area (Å²) < 4.78 is 7.16. The van der Waals surface area contributed by atoms with Gasteiger partial charge in [0.05, 0.1) is 18.8 Å². The third kappa shape index (κ3) is 3.71. The summed E-state index contributed by atoms with van der Waals surface area (Å²) in [6, 6.07) is 14.6. The molecule has 2 aromatic heterocycles. The van der Waals surface area contributed by atoms with E-state index < -0.39 is 12.2 Å². The number of ether oxygens (including phenoxy) is 1. The van der Waals surface area contributed by atoms with Crippen molar-refractivity contribution in [3.8, 4) is 0 Å². The zero-order valence-electron chi connectivity index (χ0n) is 16.2. The molecule has 1 aliphatic heterocycles. The lowest BCUT2D eigenvalue weighted by atomic mass is 10.1. The van der Waals surface area contributed by atoms with Crippen molar-refractivity contribution in [3.63, 3.8) is 0 Å². The largest absolute Gasteiger partial charge is 0.442 e. The minimum Gasteiger partial charge on any atom is -0.442 e. The lowest BCUT2D eigenvalue weighted by Crippen LogP contribution is -2.33. The van der Waals surface area contributed by atoms with Crippen LogP contribution in [0.1, 0.15) is 28.5 Å². The number of fused-ring (bicyclic) bond motifs is 1. The van der Waals surface area contributed by atoms with Gasteiger partial charge in [0.15, 0.2) is 0 Å². The van der Waals surface area contributed by atoms with Crippen molar-refractivity contribution in [1.82, 2.24) is 9.72 Å². The van der Waals surface area contributed by atoms with Gasteiger partial charge < -0.3 is 14.5 Å². The summed E-state index contributed by atoms with van der Waals surface area (Å²) >= 11 is 0. The first-order chi connectivity index (χ1) is 13.9. The highest BCUT2D eigenvalue weighted by molar-refractivity contribution is 6.09. The van der Waals surface area contributed by atoms with Crippen LogP contribution in [0.2, 0.25) is 0 Å². The van der Waals surface area contributed by atoms with Crippen LogP contribution in [-0.4, -0.2) is 41.4 Å². The third-order valence-electron chi connectivity index (χ3n) is 4.93. The zero-order chi connectivity index (χ0) is 20.5. The molecule has 1 saturated heterocycles. The van der Waals surface area contributed by atoms with E-state index in [4.69, 9.17) is 4.74 Å². The normalized spacial score (nSPS) is 16.1. The van der Waals surface area contributed by atoms with Crippen LogP contribution < -0.4 is 10.2 Å². The lowest BCUT2D eigenvalue weighted by molar-refractivity contribution is -0.119. The highest BCUT2D eigenvalue weighted by atomic mass is 16.6. The molecule has 1 aliphatic rings. The van der Waals surface area contributed by atoms with Gasteiger partial charge >= 0.3 is 6.09 Å². The Morgan fingerprint density at radius 2 is 1.83 bits per heavy atom. The number of anilines is 1. The number of carbonyl (C=O) groups excluding carboxylic acids is 3. The maximum atomic E-state index is 13.0. The molecule has 4 rings (SSSR count). The molecule has 1 N–H and O–H groups in total. The van der Waals surface area contributed by atoms with Crippen LogP contribution in [-0.2, 0) is 9.53 Å². The molecule has 7 heteroatoms. The number of hydrogen-bond donors (Lipinski definition) is 1. The molecule has 148 valence electrons. The highest BCUT2D eigenvalue weighted by Gasteiger charge is 2.32. The predicted molar refractivity (Wildman–Crippen MR) is 108 cm³/mol. The van der Waals surface area contributed by atoms with Gasteiger partial charge in [0.25, 0.3) is 0 Å². The Kier molecular flexibility index (Phi) is 4.80. The molecule has 1 atom stereocenters. The SMILES string of the molecule is CC(=O)NC[C@H]1CN(c2ccc(C(=O)c3ccc4ccc(C)cn34)cc2)C(=O)O1. The molecule has 3 heterocycles. The van der Waals surface area contributed by atoms with Crippen molar-refractivity contribution in [2.75, 3.05) is 18.0 Å². The minimum absolute atomic E-state index is 0.0883. The number of rotatable bonds is 5. The maximum absolute atomic E-state index is 13.0. The Bertz CT molecular complexity index is 1100. The molecular formula is C22H21N3O4. The summed E-state index contributed by atoms with van der Waals surface area (Å²) in [4.78, 5) is 37.6. The fraction of sp³-hybridized carbons (Fsp3) is 0.227. The summed E-state index contributed by atoms with van der Waals surface area (Å²) in [6.45, 7) is 4.01. The first-order valence-corrected chi connectivity index (χ1v) is 9.37. The average Bonchev–Trinajstić information content (AvgIpc) is 3.29. The standard InChI is InChI=1S/C22H21N3O4/c1-14-3-6-17-9-10-20(24(17)12-14)21(27)16-4-7-18(8-5-16)25-13-19(29-22(25)28)11-23-15(2)26/h3-10,12,19H,11,13H2,1-2H3,(H,23,26)/t19-/m0/s1. The number of ketones is 1. The first-order valence-electron chi connectivity index (χ1n) is 9.37. The topological polar surface area (TPSA) is 80.1 Å². The second-order valence-electron chi connectivity index (χ2n) is 7.15. The monoisotopic (exact) mass is 391 g/mol. The predicted octanol–water partition coefficient (Wildman–Crippen LogP) is 2.94. The van der Waals surface area contributed by atoms with E-state index in [1.807, 2.05) is 41.8 Å². The zero-order valence-corrected chi connectivity index (χ0v) is 16.2. The number of benzene rings is 1. The van der Waals surface area contributed by atoms with Crippen LogP contribution in [0.4, 0.5) is 10.5 Å². The van der Waals surface area contributed by atoms with Crippen molar-refractivity contribution in [2.45, 2.75) is 20.0 Å². The quantitative estimate of drug-likeness (QED) is 0.678. The second kappa shape index (κ2) is 7.43. The van der Waals surface area contributed by atoms with Crippen LogP contribution in [0.5, 0.6) is 0 Å². The van der Waals surface area contributed by atoms with Gasteiger partial charge in [0, 0.05) is 29.9 Å². The summed E-state index contributed by atoms with van der Waals surface area (Å²) in [5.41, 5.74) is 3.80. The summed E-state index contributed by atoms with van der Waals surface area (Å²) in [7, 11) is 0. The molecular weight excluding hydrogens is 370 g/mol. The fourth-order valence-electron chi connectivity index (χ4n) is 3.43. The number of amides is 2. The van der Waals surface area contributed by atoms with Crippen LogP contribution >= 0.6 is 0 Å². The summed E-state index contributed by atoms with van der Waals surface area (Å²) in [5.74, 6) is -0.259. The van der Waals surface area contributed by atoms with Gasteiger partial charge in [-0.15, -0.1) is 0 Å². The van der Waals surface area contributed by atoms with E-state index in [0.29, 0.717) is 23.5 Å². The lowest BCUT2D eigenvalue weighted by Gasteiger charge is -2.13. The van der Waals surface area contributed by atoms with E-state index in [-0.39, 0.29) is 18.2 Å². The molecule has 2 amide bonds. The Morgan fingerprint density at radius 1 is 1.10 bits per heavy atom. The Morgan fingerprint density at radius 3 is 2.55 bits per heavy atom. The van der Waals surface area contributed by atoms with Gasteiger partial charge in [-0.1, -0.05) is 6.07 Å². The number of carbonyl (C=O) groups is 3. The summed E-state index contributed by atoms with van der Waals surface area (Å²) in [6.07, 6.45) is 1.07. The van der Waals surface area contributed by atoms with Crippen molar-refractivity contribution < 1.29 is 19.1 Å². The Labute approximate surface area is 167 Å². The summed E-state index contributed by atoms with van der Waals surface area (Å²) in [5, 5.41) is 2.65. The van der Waals surface area contributed by atoms with E-state index in [1.54, 1.807) is 24.3 Å². The Balaban J connectivity index is 1.52. The van der Waals surface area contributed by atoms with Crippen molar-refractivity contribution in [1.29, 1.82) is 0 Å². The molecule has 7 nitrogen and oxygen atoms in total. The number of aryl methyl sites for hydroxylation is 1. The number of nitrogens with zero attached hydrogens (tertiary/aromatic N) is 2. The molecule has 0 unspecified atom stereocenters. The first kappa shape index (κ1) is 18.7. The average molecular weight is 391 g/mol. The van der Waals surface area contributed by atoms with Gasteiger partial charge in [-0.25, -0.2) is 4.79 Å². The van der Waals surface area contributed by atoms with Crippen LogP contribution in [0.3, 0.4) is 0 Å². The van der Waals surface area contributed by atoms with Gasteiger partial charge in [-0.2, -0.15) is 0 Å². The van der Waals surface area contributed by atoms with Crippen molar-refractivity contribution >= 4 is 29.0 Å². The minimum atomic E-state index is -0.465. The van der Waals surface area contributed by atoms with E-state index in [9.17, 15) is 14.4 Å². The molecule has 0 aliphatic carbocycles. The van der Waals surface area contributed by atoms with E-state index in [1.165, 1.54) is 11.8 Å². The molecule has 0 spiro atoms. The number of hydrogen-bond acceptors (Lipinski definition) is 4. The van der Waals surface area contributed by atoms with Gasteiger partial charge in [0.2, 0.25) is 11.7 Å². The van der Waals surface area contributed by atoms with Crippen LogP contribution in [0.15, 0.2) is 54.7 Å².